The lowest BCUT2D eigenvalue weighted by molar-refractivity contribution is 1.33. The van der Waals surface area contributed by atoms with Crippen LogP contribution in [0.4, 0.5) is 0 Å². The molecule has 6 rings (SSSR count). The van der Waals surface area contributed by atoms with Gasteiger partial charge in [-0.2, -0.15) is 0 Å². The van der Waals surface area contributed by atoms with Crippen LogP contribution in [0.1, 0.15) is 16.7 Å². The molecule has 0 bridgehead atoms. The number of hydrogen-bond donors (Lipinski definition) is 0. The predicted molar refractivity (Wildman–Crippen MR) is 124 cm³/mol. The van der Waals surface area contributed by atoms with Crippen LogP contribution >= 0.6 is 0 Å². The van der Waals surface area contributed by atoms with Crippen molar-refractivity contribution in [1.82, 2.24) is 0 Å². The molecular formula is C29H20. The summed E-state index contributed by atoms with van der Waals surface area (Å²) in [7, 11) is 0. The number of hydrogen-bond acceptors (Lipinski definition) is 0. The van der Waals surface area contributed by atoms with E-state index in [-0.39, 0.29) is 0 Å². The van der Waals surface area contributed by atoms with Gasteiger partial charge in [0.25, 0.3) is 0 Å². The molecule has 0 heterocycles. The van der Waals surface area contributed by atoms with E-state index in [9.17, 15) is 0 Å². The molecule has 1 aliphatic rings. The zero-order valence-electron chi connectivity index (χ0n) is 16.1. The molecule has 0 radical (unpaired) electrons. The van der Waals surface area contributed by atoms with E-state index in [2.05, 4.69) is 109 Å². The fourth-order valence-corrected chi connectivity index (χ4v) is 4.78. The summed E-state index contributed by atoms with van der Waals surface area (Å²) < 4.78 is 0. The van der Waals surface area contributed by atoms with Crippen LogP contribution in [-0.2, 0) is 6.42 Å². The van der Waals surface area contributed by atoms with Gasteiger partial charge in [-0.25, -0.2) is 0 Å². The highest BCUT2D eigenvalue weighted by molar-refractivity contribution is 6.15. The maximum Gasteiger partial charge on any atom is -0.00236 e. The van der Waals surface area contributed by atoms with Crippen LogP contribution in [0, 0.1) is 0 Å². The smallest absolute Gasteiger partial charge is 0.00236 e. The predicted octanol–water partition coefficient (Wildman–Crippen LogP) is 7.65. The summed E-state index contributed by atoms with van der Waals surface area (Å²) >= 11 is 0. The Morgan fingerprint density at radius 3 is 1.97 bits per heavy atom. The van der Waals surface area contributed by atoms with Gasteiger partial charge in [0, 0.05) is 0 Å². The highest BCUT2D eigenvalue weighted by Crippen LogP contribution is 2.45. The number of fused-ring (bicyclic) bond motifs is 4. The Labute approximate surface area is 170 Å². The Morgan fingerprint density at radius 1 is 0.483 bits per heavy atom. The van der Waals surface area contributed by atoms with Crippen LogP contribution in [-0.4, -0.2) is 0 Å². The number of allylic oxidation sites excluding steroid dienone is 1. The summed E-state index contributed by atoms with van der Waals surface area (Å²) in [5.41, 5.74) is 8.11. The molecule has 0 nitrogen and oxygen atoms in total. The molecule has 0 heteroatoms. The van der Waals surface area contributed by atoms with Crippen molar-refractivity contribution in [2.45, 2.75) is 6.42 Å². The van der Waals surface area contributed by atoms with E-state index in [1.165, 1.54) is 54.9 Å². The highest BCUT2D eigenvalue weighted by Gasteiger charge is 2.23. The molecule has 5 aromatic rings. The minimum absolute atomic E-state index is 0.985. The monoisotopic (exact) mass is 368 g/mol. The van der Waals surface area contributed by atoms with Crippen molar-refractivity contribution in [3.8, 4) is 11.1 Å². The molecule has 0 saturated carbocycles. The summed E-state index contributed by atoms with van der Waals surface area (Å²) in [6.07, 6.45) is 3.38. The van der Waals surface area contributed by atoms with Crippen molar-refractivity contribution >= 4 is 27.1 Å². The Hall–Kier alpha value is -3.64. The molecule has 0 aromatic heterocycles. The molecule has 0 spiro atoms. The fourth-order valence-electron chi connectivity index (χ4n) is 4.78. The van der Waals surface area contributed by atoms with Crippen molar-refractivity contribution in [3.05, 3.63) is 126 Å². The summed E-state index contributed by atoms with van der Waals surface area (Å²) in [6, 6.07) is 37.4. The van der Waals surface area contributed by atoms with E-state index >= 15 is 0 Å². The quantitative estimate of drug-likeness (QED) is 0.281. The second kappa shape index (κ2) is 6.46. The van der Waals surface area contributed by atoms with Gasteiger partial charge in [-0.1, -0.05) is 103 Å². The number of rotatable bonds is 2. The van der Waals surface area contributed by atoms with E-state index in [0.29, 0.717) is 0 Å². The van der Waals surface area contributed by atoms with Crippen LogP contribution in [0.2, 0.25) is 0 Å². The molecule has 0 N–H and O–H groups in total. The molecule has 0 aliphatic heterocycles. The Morgan fingerprint density at radius 2 is 1.17 bits per heavy atom. The molecule has 0 saturated heterocycles. The third-order valence-corrected chi connectivity index (χ3v) is 6.07. The lowest BCUT2D eigenvalue weighted by Gasteiger charge is -2.18. The molecule has 0 amide bonds. The first kappa shape index (κ1) is 16.3. The summed E-state index contributed by atoms with van der Waals surface area (Å²) in [5, 5.41) is 5.31. The van der Waals surface area contributed by atoms with E-state index < -0.39 is 0 Å². The average Bonchev–Trinajstić information content (AvgIpc) is 3.22. The van der Waals surface area contributed by atoms with Crippen LogP contribution in [0.25, 0.3) is 38.2 Å². The van der Waals surface area contributed by atoms with Crippen LogP contribution < -0.4 is 0 Å². The largest absolute Gasteiger partial charge is 0.0716 e. The van der Waals surface area contributed by atoms with Gasteiger partial charge in [0.2, 0.25) is 0 Å². The third-order valence-electron chi connectivity index (χ3n) is 6.07. The van der Waals surface area contributed by atoms with E-state index in [4.69, 9.17) is 0 Å². The lowest BCUT2D eigenvalue weighted by Crippen LogP contribution is -1.95. The second-order valence-electron chi connectivity index (χ2n) is 7.72. The zero-order valence-corrected chi connectivity index (χ0v) is 16.1. The zero-order chi connectivity index (χ0) is 19.2. The molecule has 0 unspecified atom stereocenters. The van der Waals surface area contributed by atoms with Gasteiger partial charge < -0.3 is 0 Å². The Bertz CT molecular complexity index is 1390. The number of benzene rings is 5. The Kier molecular flexibility index (Phi) is 3.64. The summed E-state index contributed by atoms with van der Waals surface area (Å²) in [4.78, 5) is 0. The first-order valence-electron chi connectivity index (χ1n) is 10.2. The van der Waals surface area contributed by atoms with Gasteiger partial charge in [0.1, 0.15) is 0 Å². The van der Waals surface area contributed by atoms with Crippen LogP contribution in [0.5, 0.6) is 0 Å². The molecule has 5 aromatic carbocycles. The van der Waals surface area contributed by atoms with Gasteiger partial charge >= 0.3 is 0 Å². The van der Waals surface area contributed by atoms with Gasteiger partial charge in [0.15, 0.2) is 0 Å². The maximum atomic E-state index is 2.42. The molecule has 136 valence electrons. The van der Waals surface area contributed by atoms with Crippen molar-refractivity contribution in [2.24, 2.45) is 0 Å². The van der Waals surface area contributed by atoms with E-state index in [1.54, 1.807) is 0 Å². The first-order valence-corrected chi connectivity index (χ1v) is 10.2. The van der Waals surface area contributed by atoms with Crippen molar-refractivity contribution < 1.29 is 0 Å². The van der Waals surface area contributed by atoms with Crippen molar-refractivity contribution in [3.63, 3.8) is 0 Å². The van der Waals surface area contributed by atoms with Gasteiger partial charge in [-0.3, -0.25) is 0 Å². The Balaban J connectivity index is 1.75. The topological polar surface area (TPSA) is 0 Å². The molecular weight excluding hydrogens is 348 g/mol. The third kappa shape index (κ3) is 2.53. The lowest BCUT2D eigenvalue weighted by atomic mass is 9.85. The molecule has 1 aliphatic carbocycles. The summed E-state index contributed by atoms with van der Waals surface area (Å²) in [5.74, 6) is 0. The summed E-state index contributed by atoms with van der Waals surface area (Å²) in [6.45, 7) is 0. The fraction of sp³-hybridized carbons (Fsp3) is 0.0345. The molecule has 29 heavy (non-hydrogen) atoms. The minimum Gasteiger partial charge on any atom is -0.0716 e. The normalized spacial score (nSPS) is 12.9. The molecule has 0 atom stereocenters. The van der Waals surface area contributed by atoms with Crippen molar-refractivity contribution in [1.29, 1.82) is 0 Å². The standard InChI is InChI=1S/C29H20/c1-3-9-20(10-4-1)25-17-16-23-19-27-24-14-8-7-11-21(24)15-18-26(27)28(29(23)25)22-12-5-2-6-13-22/h1-15,17-19H,16H2. The van der Waals surface area contributed by atoms with Crippen LogP contribution in [0.15, 0.2) is 109 Å². The maximum absolute atomic E-state index is 2.42. The minimum atomic E-state index is 0.985. The van der Waals surface area contributed by atoms with Gasteiger partial charge in [0.05, 0.1) is 0 Å². The van der Waals surface area contributed by atoms with Gasteiger partial charge in [-0.15, -0.1) is 0 Å². The van der Waals surface area contributed by atoms with Gasteiger partial charge in [-0.05, 0) is 67.4 Å². The van der Waals surface area contributed by atoms with E-state index in [0.717, 1.165) is 6.42 Å². The molecule has 0 fully saturated rings. The van der Waals surface area contributed by atoms with E-state index in [1.807, 2.05) is 0 Å². The van der Waals surface area contributed by atoms with Crippen molar-refractivity contribution in [2.75, 3.05) is 0 Å². The highest BCUT2D eigenvalue weighted by atomic mass is 14.3. The first-order chi connectivity index (χ1) is 14.4. The van der Waals surface area contributed by atoms with Crippen LogP contribution in [0.3, 0.4) is 0 Å². The average molecular weight is 368 g/mol. The SMILES string of the molecule is C1=C(c2ccccc2)c2c(cc3c(ccc4ccccc43)c2-c2ccccc2)C1. The second-order valence-corrected chi connectivity index (χ2v) is 7.72.